The van der Waals surface area contributed by atoms with Gasteiger partial charge in [-0.1, -0.05) is 29.8 Å². The van der Waals surface area contributed by atoms with E-state index < -0.39 is 0 Å². The smallest absolute Gasteiger partial charge is 0.261 e. The molecule has 0 spiro atoms. The lowest BCUT2D eigenvalue weighted by molar-refractivity contribution is 0.679. The molecule has 30 heavy (non-hydrogen) atoms. The van der Waals surface area contributed by atoms with E-state index in [1.807, 2.05) is 36.4 Å². The van der Waals surface area contributed by atoms with Gasteiger partial charge in [0.25, 0.3) is 5.56 Å². The average molecular weight is 413 g/mol. The number of hydrogen-bond donors (Lipinski definition) is 0. The van der Waals surface area contributed by atoms with E-state index in [-0.39, 0.29) is 5.56 Å². The van der Waals surface area contributed by atoms with Crippen LogP contribution in [0, 0.1) is 11.3 Å². The number of hydrogen-bond acceptors (Lipinski definition) is 4. The zero-order chi connectivity index (χ0) is 20.7. The van der Waals surface area contributed by atoms with E-state index in [9.17, 15) is 4.79 Å². The van der Waals surface area contributed by atoms with Gasteiger partial charge in [-0.2, -0.15) is 5.26 Å². The largest absolute Gasteiger partial charge is 0.291 e. The van der Waals surface area contributed by atoms with Crippen LogP contribution in [0.15, 0.2) is 65.7 Å². The predicted octanol–water partition coefficient (Wildman–Crippen LogP) is 4.91. The maximum atomic E-state index is 13.5. The van der Waals surface area contributed by atoms with Gasteiger partial charge in [0.15, 0.2) is 0 Å². The van der Waals surface area contributed by atoms with Crippen molar-refractivity contribution in [1.29, 1.82) is 5.26 Å². The zero-order valence-electron chi connectivity index (χ0n) is 16.0. The second kappa shape index (κ2) is 7.40. The topological polar surface area (TPSA) is 71.6 Å². The summed E-state index contributed by atoms with van der Waals surface area (Å²) in [6.45, 7) is 0.448. The van der Waals surface area contributed by atoms with Crippen LogP contribution >= 0.6 is 11.6 Å². The van der Waals surface area contributed by atoms with Gasteiger partial charge >= 0.3 is 0 Å². The SMILES string of the molecule is N#Cc1ccc(-c2ccc3nc(C4CC4)n(Cc4cccnc4)c(=O)c3c2)c(Cl)c1. The lowest BCUT2D eigenvalue weighted by atomic mass is 10.0. The minimum atomic E-state index is -0.0580. The molecule has 4 aromatic rings. The number of nitriles is 1. The maximum Gasteiger partial charge on any atom is 0.261 e. The lowest BCUT2D eigenvalue weighted by Crippen LogP contribution is -2.25. The van der Waals surface area contributed by atoms with Gasteiger partial charge in [0.05, 0.1) is 29.1 Å². The van der Waals surface area contributed by atoms with Gasteiger partial charge in [-0.05, 0) is 54.3 Å². The molecule has 2 heterocycles. The highest BCUT2D eigenvalue weighted by atomic mass is 35.5. The van der Waals surface area contributed by atoms with Crippen molar-refractivity contribution in [3.8, 4) is 17.2 Å². The minimum absolute atomic E-state index is 0.0580. The van der Waals surface area contributed by atoms with Gasteiger partial charge in [0, 0.05) is 28.9 Å². The van der Waals surface area contributed by atoms with Crippen molar-refractivity contribution >= 4 is 22.5 Å². The number of nitrogens with zero attached hydrogens (tertiary/aromatic N) is 4. The molecule has 0 amide bonds. The molecule has 2 aromatic carbocycles. The minimum Gasteiger partial charge on any atom is -0.291 e. The highest BCUT2D eigenvalue weighted by molar-refractivity contribution is 6.33. The van der Waals surface area contributed by atoms with Gasteiger partial charge in [0.2, 0.25) is 0 Å². The fourth-order valence-corrected chi connectivity index (χ4v) is 3.99. The molecule has 0 bridgehead atoms. The summed E-state index contributed by atoms with van der Waals surface area (Å²) in [5, 5.41) is 10.1. The summed E-state index contributed by atoms with van der Waals surface area (Å²) in [6, 6.07) is 16.7. The van der Waals surface area contributed by atoms with Crippen molar-refractivity contribution in [3.63, 3.8) is 0 Å². The van der Waals surface area contributed by atoms with Crippen LogP contribution in [-0.4, -0.2) is 14.5 Å². The Morgan fingerprint density at radius 1 is 1.17 bits per heavy atom. The number of fused-ring (bicyclic) bond motifs is 1. The van der Waals surface area contributed by atoms with Crippen LogP contribution in [0.1, 0.15) is 35.7 Å². The molecule has 0 N–H and O–H groups in total. The lowest BCUT2D eigenvalue weighted by Gasteiger charge is -2.14. The van der Waals surface area contributed by atoms with Crippen LogP contribution in [-0.2, 0) is 6.54 Å². The summed E-state index contributed by atoms with van der Waals surface area (Å²) in [7, 11) is 0. The molecule has 146 valence electrons. The van der Waals surface area contributed by atoms with E-state index in [4.69, 9.17) is 21.8 Å². The second-order valence-electron chi connectivity index (χ2n) is 7.54. The Balaban J connectivity index is 1.67. The van der Waals surface area contributed by atoms with Crippen LogP contribution in [0.2, 0.25) is 5.02 Å². The van der Waals surface area contributed by atoms with Gasteiger partial charge in [-0.15, -0.1) is 0 Å². The molecule has 1 fully saturated rings. The Morgan fingerprint density at radius 3 is 2.73 bits per heavy atom. The third-order valence-corrected chi connectivity index (χ3v) is 5.71. The molecule has 0 aliphatic heterocycles. The molecule has 0 atom stereocenters. The molecule has 1 aliphatic carbocycles. The Labute approximate surface area is 178 Å². The van der Waals surface area contributed by atoms with E-state index in [0.717, 1.165) is 35.4 Å². The van der Waals surface area contributed by atoms with Gasteiger partial charge in [-0.3, -0.25) is 14.3 Å². The average Bonchev–Trinajstić information content (AvgIpc) is 3.61. The van der Waals surface area contributed by atoms with Crippen LogP contribution in [0.4, 0.5) is 0 Å². The van der Waals surface area contributed by atoms with Crippen molar-refractivity contribution in [1.82, 2.24) is 14.5 Å². The summed E-state index contributed by atoms with van der Waals surface area (Å²) < 4.78 is 1.78. The summed E-state index contributed by atoms with van der Waals surface area (Å²) >= 11 is 6.39. The standard InChI is InChI=1S/C24H17ClN4O/c25-21-10-15(12-26)3-7-19(21)18-6-8-22-20(11-18)24(30)29(23(28-22)17-4-5-17)14-16-2-1-9-27-13-16/h1-3,6-11,13,17H,4-5,14H2. The number of halogens is 1. The highest BCUT2D eigenvalue weighted by Crippen LogP contribution is 2.39. The molecule has 5 rings (SSSR count). The molecule has 6 heteroatoms. The van der Waals surface area contributed by atoms with Crippen molar-refractivity contribution < 1.29 is 0 Å². The van der Waals surface area contributed by atoms with Crippen molar-refractivity contribution in [3.05, 3.63) is 93.3 Å². The van der Waals surface area contributed by atoms with Crippen LogP contribution in [0.3, 0.4) is 0 Å². The molecular weight excluding hydrogens is 396 g/mol. The fourth-order valence-electron chi connectivity index (χ4n) is 3.70. The Hall–Kier alpha value is -3.49. The zero-order valence-corrected chi connectivity index (χ0v) is 16.8. The summed E-state index contributed by atoms with van der Waals surface area (Å²) in [5.41, 5.74) is 3.70. The van der Waals surface area contributed by atoms with Crippen LogP contribution in [0.25, 0.3) is 22.0 Å². The van der Waals surface area contributed by atoms with E-state index in [1.165, 1.54) is 0 Å². The Kier molecular flexibility index (Phi) is 4.57. The first kappa shape index (κ1) is 18.5. The molecule has 0 unspecified atom stereocenters. The van der Waals surface area contributed by atoms with Crippen molar-refractivity contribution in [2.45, 2.75) is 25.3 Å². The van der Waals surface area contributed by atoms with Crippen molar-refractivity contribution in [2.75, 3.05) is 0 Å². The third kappa shape index (κ3) is 3.36. The number of benzene rings is 2. The second-order valence-corrected chi connectivity index (χ2v) is 7.94. The number of rotatable bonds is 4. The summed E-state index contributed by atoms with van der Waals surface area (Å²) in [6.07, 6.45) is 5.62. The molecular formula is C24H17ClN4O. The van der Waals surface area contributed by atoms with E-state index >= 15 is 0 Å². The Bertz CT molecular complexity index is 1370. The molecule has 0 radical (unpaired) electrons. The first-order chi connectivity index (χ1) is 14.6. The normalized spacial score (nSPS) is 13.3. The molecule has 5 nitrogen and oxygen atoms in total. The highest BCUT2D eigenvalue weighted by Gasteiger charge is 2.29. The molecule has 0 saturated heterocycles. The maximum absolute atomic E-state index is 13.5. The van der Waals surface area contributed by atoms with E-state index in [1.54, 1.807) is 29.1 Å². The van der Waals surface area contributed by atoms with Gasteiger partial charge in [0.1, 0.15) is 5.82 Å². The predicted molar refractivity (Wildman–Crippen MR) is 116 cm³/mol. The first-order valence-electron chi connectivity index (χ1n) is 9.77. The summed E-state index contributed by atoms with van der Waals surface area (Å²) in [4.78, 5) is 22.5. The molecule has 1 aliphatic rings. The number of aromatic nitrogens is 3. The Morgan fingerprint density at radius 2 is 2.03 bits per heavy atom. The molecule has 1 saturated carbocycles. The van der Waals surface area contributed by atoms with E-state index in [2.05, 4.69) is 11.1 Å². The van der Waals surface area contributed by atoms with Gasteiger partial charge < -0.3 is 0 Å². The monoisotopic (exact) mass is 412 g/mol. The molecule has 2 aromatic heterocycles. The first-order valence-corrected chi connectivity index (χ1v) is 10.2. The third-order valence-electron chi connectivity index (χ3n) is 5.40. The van der Waals surface area contributed by atoms with Gasteiger partial charge in [-0.25, -0.2) is 4.98 Å². The summed E-state index contributed by atoms with van der Waals surface area (Å²) in [5.74, 6) is 1.19. The number of pyridine rings is 1. The quantitative estimate of drug-likeness (QED) is 0.477. The fraction of sp³-hybridized carbons (Fsp3) is 0.167. The van der Waals surface area contributed by atoms with Crippen molar-refractivity contribution in [2.24, 2.45) is 0 Å². The van der Waals surface area contributed by atoms with E-state index in [0.29, 0.717) is 34.0 Å². The van der Waals surface area contributed by atoms with Crippen LogP contribution in [0.5, 0.6) is 0 Å². The van der Waals surface area contributed by atoms with Crippen LogP contribution < -0.4 is 5.56 Å².